The Hall–Kier alpha value is -1.35. The van der Waals surface area contributed by atoms with E-state index >= 15 is 0 Å². The minimum atomic E-state index is 0.937. The highest BCUT2D eigenvalue weighted by Crippen LogP contribution is 2.23. The van der Waals surface area contributed by atoms with E-state index in [4.69, 9.17) is 5.21 Å². The van der Waals surface area contributed by atoms with Gasteiger partial charge < -0.3 is 0 Å². The van der Waals surface area contributed by atoms with Gasteiger partial charge >= 0.3 is 0 Å². The number of aryl methyl sites for hydroxylation is 2. The minimum absolute atomic E-state index is 0.937. The van der Waals surface area contributed by atoms with Crippen LogP contribution in [0.3, 0.4) is 0 Å². The molecule has 0 saturated heterocycles. The Bertz CT molecular complexity index is 308. The van der Waals surface area contributed by atoms with Crippen LogP contribution < -0.4 is 5.48 Å². The number of benzene rings is 1. The Morgan fingerprint density at radius 3 is 2.92 bits per heavy atom. The van der Waals surface area contributed by atoms with E-state index in [1.54, 1.807) is 0 Å². The lowest BCUT2D eigenvalue weighted by atomic mass is 10.1. The Morgan fingerprint density at radius 2 is 2.31 bits per heavy atom. The van der Waals surface area contributed by atoms with Crippen molar-refractivity contribution in [3.05, 3.63) is 29.3 Å². The van der Waals surface area contributed by atoms with E-state index < -0.39 is 0 Å². The van der Waals surface area contributed by atoms with Gasteiger partial charge in [-0.1, -0.05) is 25.1 Å². The first-order valence-corrected chi connectivity index (χ1v) is 4.30. The largest absolute Gasteiger partial charge is 0.290 e. The molecule has 0 amide bonds. The Balaban J connectivity index is 3.07. The van der Waals surface area contributed by atoms with Gasteiger partial charge in [-0.3, -0.25) is 10.7 Å². The summed E-state index contributed by atoms with van der Waals surface area (Å²) in [6, 6.07) is 6.06. The van der Waals surface area contributed by atoms with Crippen molar-refractivity contribution in [2.24, 2.45) is 4.99 Å². The van der Waals surface area contributed by atoms with Crippen molar-refractivity contribution >= 4 is 12.0 Å². The van der Waals surface area contributed by atoms with E-state index in [2.05, 4.69) is 11.9 Å². The predicted molar refractivity (Wildman–Crippen MR) is 53.6 cm³/mol. The molecule has 1 aromatic rings. The lowest BCUT2D eigenvalue weighted by molar-refractivity contribution is 0.240. The zero-order valence-corrected chi connectivity index (χ0v) is 7.91. The summed E-state index contributed by atoms with van der Waals surface area (Å²) in [5.41, 5.74) is 5.14. The highest BCUT2D eigenvalue weighted by Gasteiger charge is 2.00. The number of para-hydroxylation sites is 1. The third kappa shape index (κ3) is 2.29. The second-order valence-electron chi connectivity index (χ2n) is 2.82. The summed E-state index contributed by atoms with van der Waals surface area (Å²) >= 11 is 0. The number of aliphatic imine (C=N–C) groups is 1. The molecule has 1 aromatic carbocycles. The van der Waals surface area contributed by atoms with Crippen molar-refractivity contribution in [2.75, 3.05) is 0 Å². The lowest BCUT2D eigenvalue weighted by Crippen LogP contribution is -2.01. The van der Waals surface area contributed by atoms with E-state index in [-0.39, 0.29) is 0 Å². The van der Waals surface area contributed by atoms with Crippen molar-refractivity contribution in [3.8, 4) is 0 Å². The monoisotopic (exact) mass is 178 g/mol. The third-order valence-corrected chi connectivity index (χ3v) is 1.95. The highest BCUT2D eigenvalue weighted by molar-refractivity contribution is 5.64. The summed E-state index contributed by atoms with van der Waals surface area (Å²) in [6.07, 6.45) is 2.22. The summed E-state index contributed by atoms with van der Waals surface area (Å²) < 4.78 is 0. The van der Waals surface area contributed by atoms with Crippen LogP contribution in [0.5, 0.6) is 0 Å². The Morgan fingerprint density at radius 1 is 1.54 bits per heavy atom. The maximum absolute atomic E-state index is 8.38. The van der Waals surface area contributed by atoms with E-state index in [1.807, 2.05) is 30.6 Å². The minimum Gasteiger partial charge on any atom is -0.290 e. The van der Waals surface area contributed by atoms with E-state index in [1.165, 1.54) is 11.9 Å². The first kappa shape index (κ1) is 9.74. The Labute approximate surface area is 78.1 Å². The van der Waals surface area contributed by atoms with Gasteiger partial charge in [-0.05, 0) is 24.5 Å². The topological polar surface area (TPSA) is 44.6 Å². The number of hydrogen-bond acceptors (Lipinski definition) is 2. The standard InChI is InChI=1S/C10H14N2O/c1-3-9-6-4-5-8(2)10(9)11-7-12-13/h4-7,13H,3H2,1-2H3,(H,11,12). The van der Waals surface area contributed by atoms with E-state index in [0.717, 1.165) is 17.7 Å². The van der Waals surface area contributed by atoms with Crippen molar-refractivity contribution in [1.82, 2.24) is 5.48 Å². The number of nitrogens with zero attached hydrogens (tertiary/aromatic N) is 1. The van der Waals surface area contributed by atoms with Crippen molar-refractivity contribution in [1.29, 1.82) is 0 Å². The van der Waals surface area contributed by atoms with Gasteiger partial charge in [0.05, 0.1) is 5.69 Å². The van der Waals surface area contributed by atoms with E-state index in [9.17, 15) is 0 Å². The second-order valence-corrected chi connectivity index (χ2v) is 2.82. The molecule has 1 rings (SSSR count). The molecule has 70 valence electrons. The molecule has 3 nitrogen and oxygen atoms in total. The van der Waals surface area contributed by atoms with Crippen LogP contribution in [-0.4, -0.2) is 11.5 Å². The van der Waals surface area contributed by atoms with Gasteiger partial charge in [-0.15, -0.1) is 0 Å². The van der Waals surface area contributed by atoms with Crippen molar-refractivity contribution in [2.45, 2.75) is 20.3 Å². The molecule has 3 heteroatoms. The molecular weight excluding hydrogens is 164 g/mol. The number of hydrogen-bond donors (Lipinski definition) is 2. The van der Waals surface area contributed by atoms with Crippen LogP contribution in [0.2, 0.25) is 0 Å². The molecule has 0 aromatic heterocycles. The van der Waals surface area contributed by atoms with Crippen LogP contribution in [0.25, 0.3) is 0 Å². The fourth-order valence-corrected chi connectivity index (χ4v) is 1.28. The molecule has 0 aliphatic heterocycles. The number of rotatable bonds is 3. The molecular formula is C10H14N2O. The molecule has 13 heavy (non-hydrogen) atoms. The fourth-order valence-electron chi connectivity index (χ4n) is 1.28. The molecule has 0 fully saturated rings. The molecule has 0 heterocycles. The summed E-state index contributed by atoms with van der Waals surface area (Å²) in [7, 11) is 0. The van der Waals surface area contributed by atoms with Gasteiger partial charge in [0.15, 0.2) is 0 Å². The number of nitrogens with one attached hydrogen (secondary N) is 1. The lowest BCUT2D eigenvalue weighted by Gasteiger charge is -2.05. The first-order valence-electron chi connectivity index (χ1n) is 4.30. The molecule has 0 atom stereocenters. The molecule has 0 saturated carbocycles. The molecule has 0 radical (unpaired) electrons. The second kappa shape index (κ2) is 4.62. The van der Waals surface area contributed by atoms with Crippen LogP contribution in [-0.2, 0) is 6.42 Å². The average molecular weight is 178 g/mol. The quantitative estimate of drug-likeness (QED) is 0.423. The zero-order chi connectivity index (χ0) is 9.68. The van der Waals surface area contributed by atoms with Crippen LogP contribution >= 0.6 is 0 Å². The molecule has 2 N–H and O–H groups in total. The third-order valence-electron chi connectivity index (χ3n) is 1.95. The first-order chi connectivity index (χ1) is 6.29. The normalized spacial score (nSPS) is 10.7. The summed E-state index contributed by atoms with van der Waals surface area (Å²) in [5.74, 6) is 0. The van der Waals surface area contributed by atoms with Gasteiger partial charge in [-0.2, -0.15) is 0 Å². The van der Waals surface area contributed by atoms with Crippen LogP contribution in [0.4, 0.5) is 5.69 Å². The van der Waals surface area contributed by atoms with Crippen LogP contribution in [0.1, 0.15) is 18.1 Å². The molecule has 0 aliphatic rings. The van der Waals surface area contributed by atoms with E-state index in [0.29, 0.717) is 0 Å². The van der Waals surface area contributed by atoms with Crippen molar-refractivity contribution in [3.63, 3.8) is 0 Å². The molecule has 0 unspecified atom stereocenters. The fraction of sp³-hybridized carbons (Fsp3) is 0.300. The average Bonchev–Trinajstić information content (AvgIpc) is 2.15. The maximum Gasteiger partial charge on any atom is 0.113 e. The molecule has 0 aliphatic carbocycles. The maximum atomic E-state index is 8.38. The van der Waals surface area contributed by atoms with Gasteiger partial charge in [0.25, 0.3) is 0 Å². The number of hydroxylamine groups is 1. The van der Waals surface area contributed by atoms with Crippen molar-refractivity contribution < 1.29 is 5.21 Å². The van der Waals surface area contributed by atoms with Crippen LogP contribution in [0.15, 0.2) is 23.2 Å². The zero-order valence-electron chi connectivity index (χ0n) is 7.91. The summed E-state index contributed by atoms with van der Waals surface area (Å²) in [4.78, 5) is 4.11. The van der Waals surface area contributed by atoms with Gasteiger partial charge in [0, 0.05) is 0 Å². The summed E-state index contributed by atoms with van der Waals surface area (Å²) in [6.45, 7) is 4.09. The SMILES string of the molecule is CCc1cccc(C)c1N=CNO. The van der Waals surface area contributed by atoms with Gasteiger partial charge in [-0.25, -0.2) is 4.99 Å². The molecule has 0 spiro atoms. The highest BCUT2D eigenvalue weighted by atomic mass is 16.5. The van der Waals surface area contributed by atoms with Gasteiger partial charge in [0.2, 0.25) is 0 Å². The predicted octanol–water partition coefficient (Wildman–Crippen LogP) is 2.20. The molecule has 0 bridgehead atoms. The smallest absolute Gasteiger partial charge is 0.113 e. The Kier molecular flexibility index (Phi) is 3.46. The van der Waals surface area contributed by atoms with Gasteiger partial charge in [0.1, 0.15) is 6.34 Å². The van der Waals surface area contributed by atoms with Crippen LogP contribution in [0, 0.1) is 6.92 Å². The summed E-state index contributed by atoms with van der Waals surface area (Å²) in [5, 5.41) is 8.38.